The molecule has 0 radical (unpaired) electrons. The Kier molecular flexibility index (Phi) is 5.35. The molecule has 0 unspecified atom stereocenters. The fourth-order valence-corrected chi connectivity index (χ4v) is 4.16. The lowest BCUT2D eigenvalue weighted by Gasteiger charge is -2.26. The summed E-state index contributed by atoms with van der Waals surface area (Å²) in [5.74, 6) is 0.870. The van der Waals surface area contributed by atoms with E-state index in [0.29, 0.717) is 31.9 Å². The average molecular weight is 400 g/mol. The Hall–Kier alpha value is -2.41. The molecule has 2 aromatic rings. The zero-order valence-corrected chi connectivity index (χ0v) is 16.9. The first kappa shape index (κ1) is 18.9. The smallest absolute Gasteiger partial charge is 0.273 e. The Morgan fingerprint density at radius 2 is 2.07 bits per heavy atom. The molecule has 2 heterocycles. The summed E-state index contributed by atoms with van der Waals surface area (Å²) in [7, 11) is 1.87. The van der Waals surface area contributed by atoms with Crippen LogP contribution >= 0.6 is 11.3 Å². The van der Waals surface area contributed by atoms with Crippen LogP contribution in [-0.2, 0) is 11.3 Å². The van der Waals surface area contributed by atoms with Crippen molar-refractivity contribution in [2.24, 2.45) is 5.41 Å². The number of hydrogen-bond donors (Lipinski definition) is 0. The van der Waals surface area contributed by atoms with Gasteiger partial charge in [-0.2, -0.15) is 0 Å². The number of benzene rings is 1. The van der Waals surface area contributed by atoms with E-state index < -0.39 is 0 Å². The molecular formula is C21H25N3O3S. The molecule has 2 bridgehead atoms. The second kappa shape index (κ2) is 7.91. The number of rotatable bonds is 1. The Morgan fingerprint density at radius 1 is 1.25 bits per heavy atom. The maximum absolute atomic E-state index is 12.9. The number of fused-ring (bicyclic) bond motifs is 2. The summed E-state index contributed by atoms with van der Waals surface area (Å²) in [6, 6.07) is 7.82. The minimum Gasteiger partial charge on any atom is -0.492 e. The van der Waals surface area contributed by atoms with Gasteiger partial charge in [-0.3, -0.25) is 9.59 Å². The first-order valence-corrected chi connectivity index (χ1v) is 10.7. The van der Waals surface area contributed by atoms with Crippen LogP contribution in [-0.4, -0.2) is 53.3 Å². The molecule has 0 saturated heterocycles. The zero-order valence-electron chi connectivity index (χ0n) is 16.1. The first-order valence-electron chi connectivity index (χ1n) is 9.72. The molecular weight excluding hydrogens is 374 g/mol. The highest BCUT2D eigenvalue weighted by molar-refractivity contribution is 7.07. The standard InChI is InChI=1S/C21H25N3O3S/c1-23-9-2-3-10-24(19(25)18-13-28-15-22-18)12-16-5-4-6-17(11-16)27-14-21(7-8-21)20(23)26/h4-6,11,13,15H,2-3,7-10,12,14H2,1H3. The van der Waals surface area contributed by atoms with Gasteiger partial charge in [0.25, 0.3) is 5.91 Å². The van der Waals surface area contributed by atoms with E-state index in [4.69, 9.17) is 4.74 Å². The summed E-state index contributed by atoms with van der Waals surface area (Å²) >= 11 is 1.42. The highest BCUT2D eigenvalue weighted by Gasteiger charge is 2.52. The number of carbonyl (C=O) groups is 2. The van der Waals surface area contributed by atoms with Crippen LogP contribution in [0.2, 0.25) is 0 Å². The van der Waals surface area contributed by atoms with Crippen LogP contribution in [0.5, 0.6) is 5.75 Å². The third-order valence-electron chi connectivity index (χ3n) is 5.55. The summed E-state index contributed by atoms with van der Waals surface area (Å²) in [5, 5.41) is 1.79. The number of hydrogen-bond acceptors (Lipinski definition) is 5. The molecule has 4 rings (SSSR count). The Morgan fingerprint density at radius 3 is 2.82 bits per heavy atom. The second-order valence-corrected chi connectivity index (χ2v) is 8.47. The van der Waals surface area contributed by atoms with Gasteiger partial charge in [0.15, 0.2) is 0 Å². The van der Waals surface area contributed by atoms with Crippen LogP contribution in [0.15, 0.2) is 35.2 Å². The summed E-state index contributed by atoms with van der Waals surface area (Å²) in [6.07, 6.45) is 3.49. The summed E-state index contributed by atoms with van der Waals surface area (Å²) < 4.78 is 5.99. The molecule has 0 atom stereocenters. The van der Waals surface area contributed by atoms with Crippen molar-refractivity contribution in [2.75, 3.05) is 26.7 Å². The third kappa shape index (κ3) is 4.04. The van der Waals surface area contributed by atoms with Gasteiger partial charge in [-0.05, 0) is 43.4 Å². The van der Waals surface area contributed by atoms with Crippen LogP contribution in [0.25, 0.3) is 0 Å². The van der Waals surface area contributed by atoms with E-state index in [-0.39, 0.29) is 17.2 Å². The quantitative estimate of drug-likeness (QED) is 0.739. The molecule has 1 aromatic carbocycles. The number of carbonyl (C=O) groups excluding carboxylic acids is 2. The largest absolute Gasteiger partial charge is 0.492 e. The molecule has 1 aliphatic heterocycles. The molecule has 148 valence electrons. The molecule has 1 aromatic heterocycles. The van der Waals surface area contributed by atoms with E-state index >= 15 is 0 Å². The Labute approximate surface area is 169 Å². The van der Waals surface area contributed by atoms with Gasteiger partial charge in [0.05, 0.1) is 10.9 Å². The van der Waals surface area contributed by atoms with Crippen molar-refractivity contribution < 1.29 is 14.3 Å². The predicted octanol–water partition coefficient (Wildman–Crippen LogP) is 3.20. The van der Waals surface area contributed by atoms with E-state index in [9.17, 15) is 9.59 Å². The molecule has 1 spiro atoms. The topological polar surface area (TPSA) is 62.7 Å². The molecule has 2 amide bonds. The molecule has 0 N–H and O–H groups in total. The van der Waals surface area contributed by atoms with Crippen LogP contribution in [0.4, 0.5) is 0 Å². The lowest BCUT2D eigenvalue weighted by molar-refractivity contribution is -0.136. The van der Waals surface area contributed by atoms with Crippen molar-refractivity contribution >= 4 is 23.2 Å². The molecule has 2 aliphatic rings. The van der Waals surface area contributed by atoms with E-state index in [2.05, 4.69) is 4.98 Å². The molecule has 28 heavy (non-hydrogen) atoms. The normalized spacial score (nSPS) is 19.8. The average Bonchev–Trinajstić information content (AvgIpc) is 3.30. The van der Waals surface area contributed by atoms with Crippen molar-refractivity contribution in [3.63, 3.8) is 0 Å². The fourth-order valence-electron chi connectivity index (χ4n) is 3.64. The monoisotopic (exact) mass is 399 g/mol. The number of amides is 2. The fraction of sp³-hybridized carbons (Fsp3) is 0.476. The molecule has 1 aliphatic carbocycles. The predicted molar refractivity (Wildman–Crippen MR) is 107 cm³/mol. The number of aromatic nitrogens is 1. The maximum atomic E-state index is 12.9. The van der Waals surface area contributed by atoms with Gasteiger partial charge in [-0.1, -0.05) is 12.1 Å². The maximum Gasteiger partial charge on any atom is 0.273 e. The molecule has 7 heteroatoms. The van der Waals surface area contributed by atoms with Gasteiger partial charge in [0.2, 0.25) is 5.91 Å². The SMILES string of the molecule is CN1CCCCN(C(=O)c2cscn2)Cc2cccc(c2)OCC2(CC2)C1=O. The van der Waals surface area contributed by atoms with Crippen molar-refractivity contribution in [1.29, 1.82) is 0 Å². The number of thiazole rings is 1. The van der Waals surface area contributed by atoms with E-state index in [1.165, 1.54) is 11.3 Å². The van der Waals surface area contributed by atoms with Crippen molar-refractivity contribution in [2.45, 2.75) is 32.2 Å². The third-order valence-corrected chi connectivity index (χ3v) is 6.14. The number of ether oxygens (including phenoxy) is 1. The minimum atomic E-state index is -0.346. The van der Waals surface area contributed by atoms with Gasteiger partial charge in [0.1, 0.15) is 18.1 Å². The molecule has 6 nitrogen and oxygen atoms in total. The van der Waals surface area contributed by atoms with E-state index in [1.807, 2.05) is 41.1 Å². The van der Waals surface area contributed by atoms with Crippen molar-refractivity contribution in [3.8, 4) is 5.75 Å². The Bertz CT molecular complexity index is 848. The zero-order chi connectivity index (χ0) is 19.6. The van der Waals surface area contributed by atoms with Gasteiger partial charge in [-0.25, -0.2) is 4.98 Å². The van der Waals surface area contributed by atoms with Gasteiger partial charge in [-0.15, -0.1) is 11.3 Å². The number of nitrogens with zero attached hydrogens (tertiary/aromatic N) is 3. The highest BCUT2D eigenvalue weighted by atomic mass is 32.1. The van der Waals surface area contributed by atoms with E-state index in [1.54, 1.807) is 10.9 Å². The van der Waals surface area contributed by atoms with Crippen LogP contribution in [0, 0.1) is 5.41 Å². The van der Waals surface area contributed by atoms with Crippen molar-refractivity contribution in [1.82, 2.24) is 14.8 Å². The van der Waals surface area contributed by atoms with Gasteiger partial charge >= 0.3 is 0 Å². The first-order chi connectivity index (χ1) is 13.6. The summed E-state index contributed by atoms with van der Waals surface area (Å²) in [5.41, 5.74) is 2.84. The van der Waals surface area contributed by atoms with Crippen LogP contribution < -0.4 is 4.74 Å². The summed E-state index contributed by atoms with van der Waals surface area (Å²) in [4.78, 5) is 33.5. The van der Waals surface area contributed by atoms with Crippen LogP contribution in [0.3, 0.4) is 0 Å². The molecule has 1 saturated carbocycles. The highest BCUT2D eigenvalue weighted by Crippen LogP contribution is 2.47. The second-order valence-electron chi connectivity index (χ2n) is 7.75. The lowest BCUT2D eigenvalue weighted by Crippen LogP contribution is -2.38. The lowest BCUT2D eigenvalue weighted by atomic mass is 10.1. The molecule has 1 fully saturated rings. The van der Waals surface area contributed by atoms with Gasteiger partial charge in [0, 0.05) is 32.1 Å². The van der Waals surface area contributed by atoms with E-state index in [0.717, 1.165) is 37.0 Å². The van der Waals surface area contributed by atoms with Gasteiger partial charge < -0.3 is 14.5 Å². The van der Waals surface area contributed by atoms with Crippen molar-refractivity contribution in [3.05, 3.63) is 46.4 Å². The summed E-state index contributed by atoms with van der Waals surface area (Å²) in [6.45, 7) is 2.27. The minimum absolute atomic E-state index is 0.0546. The Balaban J connectivity index is 1.57. The van der Waals surface area contributed by atoms with Crippen LogP contribution in [0.1, 0.15) is 41.7 Å².